The van der Waals surface area contributed by atoms with E-state index < -0.39 is 0 Å². The number of fused-ring (bicyclic) bond motifs is 2. The summed E-state index contributed by atoms with van der Waals surface area (Å²) in [5, 5.41) is 3.56. The first-order valence-electron chi connectivity index (χ1n) is 12.2. The van der Waals surface area contributed by atoms with Crippen molar-refractivity contribution in [2.45, 2.75) is 39.2 Å². The molecule has 0 saturated heterocycles. The molecule has 3 aromatic rings. The summed E-state index contributed by atoms with van der Waals surface area (Å²) >= 11 is 0. The van der Waals surface area contributed by atoms with E-state index >= 15 is 0 Å². The van der Waals surface area contributed by atoms with Crippen molar-refractivity contribution in [1.29, 1.82) is 0 Å². The Bertz CT molecular complexity index is 1380. The molecule has 6 rings (SSSR count). The quantitative estimate of drug-likeness (QED) is 0.466. The smallest absolute Gasteiger partial charge is 0.231 e. The molecule has 0 spiro atoms. The predicted molar refractivity (Wildman–Crippen MR) is 137 cm³/mol. The summed E-state index contributed by atoms with van der Waals surface area (Å²) in [4.78, 5) is 13.5. The van der Waals surface area contributed by atoms with Crippen molar-refractivity contribution in [3.63, 3.8) is 0 Å². The summed E-state index contributed by atoms with van der Waals surface area (Å²) in [5.74, 6) is 2.64. The van der Waals surface area contributed by atoms with Crippen LogP contribution in [0.4, 0.5) is 5.69 Å². The summed E-state index contributed by atoms with van der Waals surface area (Å²) in [6, 6.07) is 20.0. The largest absolute Gasteiger partial charge is 0.493 e. The lowest BCUT2D eigenvalue weighted by atomic mass is 9.68. The third-order valence-electron chi connectivity index (χ3n) is 7.11. The topological polar surface area (TPSA) is 66.0 Å². The first kappa shape index (κ1) is 22.5. The van der Waals surface area contributed by atoms with Gasteiger partial charge in [-0.15, -0.1) is 0 Å². The van der Waals surface area contributed by atoms with Gasteiger partial charge in [-0.2, -0.15) is 0 Å². The molecule has 3 aliphatic rings. The van der Waals surface area contributed by atoms with Gasteiger partial charge in [-0.05, 0) is 46.7 Å². The molecule has 0 bridgehead atoms. The minimum absolute atomic E-state index is 0.103. The van der Waals surface area contributed by atoms with E-state index in [9.17, 15) is 4.79 Å². The van der Waals surface area contributed by atoms with Crippen LogP contribution < -0.4 is 24.3 Å². The van der Waals surface area contributed by atoms with Crippen LogP contribution in [0.2, 0.25) is 0 Å². The molecule has 1 atom stereocenters. The first-order chi connectivity index (χ1) is 17.4. The fraction of sp³-hybridized carbons (Fsp3) is 0.300. The molecule has 1 aliphatic carbocycles. The maximum atomic E-state index is 13.5. The van der Waals surface area contributed by atoms with E-state index in [0.717, 1.165) is 40.1 Å². The molecule has 2 heterocycles. The van der Waals surface area contributed by atoms with E-state index in [0.29, 0.717) is 36.0 Å². The van der Waals surface area contributed by atoms with Crippen molar-refractivity contribution in [2.75, 3.05) is 19.2 Å². The molecule has 6 nitrogen and oxygen atoms in total. The van der Waals surface area contributed by atoms with Crippen LogP contribution in [0.1, 0.15) is 49.3 Å². The van der Waals surface area contributed by atoms with Crippen LogP contribution in [0.3, 0.4) is 0 Å². The Morgan fingerprint density at radius 3 is 2.53 bits per heavy atom. The maximum absolute atomic E-state index is 13.5. The molecule has 2 aliphatic heterocycles. The van der Waals surface area contributed by atoms with Gasteiger partial charge in [0.2, 0.25) is 6.79 Å². The first-order valence-corrected chi connectivity index (χ1v) is 12.2. The number of carbonyl (C=O) groups is 1. The molecule has 0 radical (unpaired) electrons. The minimum Gasteiger partial charge on any atom is -0.493 e. The van der Waals surface area contributed by atoms with Crippen LogP contribution in [0.5, 0.6) is 23.0 Å². The Balaban J connectivity index is 1.42. The summed E-state index contributed by atoms with van der Waals surface area (Å²) in [7, 11) is 1.64. The van der Waals surface area contributed by atoms with Crippen LogP contribution in [-0.4, -0.2) is 19.7 Å². The molecule has 3 aromatic carbocycles. The zero-order chi connectivity index (χ0) is 24.9. The molecule has 0 amide bonds. The van der Waals surface area contributed by atoms with Crippen LogP contribution in [0.25, 0.3) is 0 Å². The normalized spacial score (nSPS) is 19.3. The molecule has 0 unspecified atom stereocenters. The number of rotatable bonds is 5. The molecule has 0 saturated carbocycles. The van der Waals surface area contributed by atoms with Crippen LogP contribution in [0.15, 0.2) is 71.9 Å². The lowest BCUT2D eigenvalue weighted by Gasteiger charge is -2.39. The van der Waals surface area contributed by atoms with Crippen molar-refractivity contribution in [1.82, 2.24) is 0 Å². The lowest BCUT2D eigenvalue weighted by molar-refractivity contribution is -0.118. The third-order valence-corrected chi connectivity index (χ3v) is 7.11. The molecule has 36 heavy (non-hydrogen) atoms. The Hall–Kier alpha value is -3.93. The second-order valence-corrected chi connectivity index (χ2v) is 10.4. The van der Waals surface area contributed by atoms with Gasteiger partial charge in [0, 0.05) is 35.4 Å². The Kier molecular flexibility index (Phi) is 5.40. The second-order valence-electron chi connectivity index (χ2n) is 10.4. The number of ketones is 1. The van der Waals surface area contributed by atoms with E-state index in [2.05, 4.69) is 19.2 Å². The van der Waals surface area contributed by atoms with Gasteiger partial charge in [-0.3, -0.25) is 4.79 Å². The Labute approximate surface area is 210 Å². The number of methoxy groups -OCH3 is 1. The van der Waals surface area contributed by atoms with Crippen molar-refractivity contribution in [2.24, 2.45) is 5.41 Å². The highest BCUT2D eigenvalue weighted by Gasteiger charge is 2.41. The summed E-state index contributed by atoms with van der Waals surface area (Å²) in [6.45, 7) is 4.92. The SMILES string of the molecule is COc1cc([C@H]2C3=C(CC(C)(C)CC3=O)Nc3cc4c(cc32)OCO4)ccc1OCc1ccccc1. The monoisotopic (exact) mass is 483 g/mol. The van der Waals surface area contributed by atoms with E-state index in [4.69, 9.17) is 18.9 Å². The zero-order valence-corrected chi connectivity index (χ0v) is 20.7. The fourth-order valence-corrected chi connectivity index (χ4v) is 5.47. The number of ether oxygens (including phenoxy) is 4. The lowest BCUT2D eigenvalue weighted by Crippen LogP contribution is -2.33. The molecule has 1 N–H and O–H groups in total. The van der Waals surface area contributed by atoms with E-state index in [1.54, 1.807) is 7.11 Å². The van der Waals surface area contributed by atoms with Crippen molar-refractivity contribution in [3.8, 4) is 23.0 Å². The molecule has 0 fully saturated rings. The number of anilines is 1. The maximum Gasteiger partial charge on any atom is 0.231 e. The zero-order valence-electron chi connectivity index (χ0n) is 20.7. The van der Waals surface area contributed by atoms with Crippen molar-refractivity contribution < 1.29 is 23.7 Å². The van der Waals surface area contributed by atoms with E-state index in [-0.39, 0.29) is 23.9 Å². The van der Waals surface area contributed by atoms with Gasteiger partial charge in [0.05, 0.1) is 7.11 Å². The summed E-state index contributed by atoms with van der Waals surface area (Å²) in [6.07, 6.45) is 1.31. The van der Waals surface area contributed by atoms with Gasteiger partial charge in [-0.25, -0.2) is 0 Å². The number of hydrogen-bond donors (Lipinski definition) is 1. The number of allylic oxidation sites excluding steroid dienone is 2. The number of nitrogens with one attached hydrogen (secondary N) is 1. The van der Waals surface area contributed by atoms with Crippen molar-refractivity contribution >= 4 is 11.5 Å². The van der Waals surface area contributed by atoms with Gasteiger partial charge in [0.15, 0.2) is 28.8 Å². The number of hydrogen-bond acceptors (Lipinski definition) is 6. The molecular formula is C30H29NO5. The van der Waals surface area contributed by atoms with Gasteiger partial charge >= 0.3 is 0 Å². The van der Waals surface area contributed by atoms with E-state index in [1.165, 1.54) is 0 Å². The standard InChI is InChI=1S/C30H29NO5/c1-30(2)14-22-29(23(32)15-30)28(20-12-26-27(36-17-35-26)13-21(20)31-22)19-9-10-24(25(11-19)33-3)34-16-18-7-5-4-6-8-18/h4-13,28,31H,14-17H2,1-3H3/t28-/m1/s1. The van der Waals surface area contributed by atoms with Crippen LogP contribution in [-0.2, 0) is 11.4 Å². The Morgan fingerprint density at radius 2 is 1.75 bits per heavy atom. The third kappa shape index (κ3) is 3.96. The second kappa shape index (κ2) is 8.63. The van der Waals surface area contributed by atoms with Crippen LogP contribution in [0, 0.1) is 5.41 Å². The summed E-state index contributed by atoms with van der Waals surface area (Å²) < 4.78 is 23.1. The van der Waals surface area contributed by atoms with E-state index in [1.807, 2.05) is 60.7 Å². The average Bonchev–Trinajstić information content (AvgIpc) is 3.32. The predicted octanol–water partition coefficient (Wildman–Crippen LogP) is 6.20. The van der Waals surface area contributed by atoms with Crippen molar-refractivity contribution in [3.05, 3.63) is 88.6 Å². The van der Waals surface area contributed by atoms with Gasteiger partial charge in [-0.1, -0.05) is 50.2 Å². The minimum atomic E-state index is -0.244. The molecule has 6 heteroatoms. The van der Waals surface area contributed by atoms with Gasteiger partial charge in [0.1, 0.15) is 6.61 Å². The fourth-order valence-electron chi connectivity index (χ4n) is 5.47. The molecular weight excluding hydrogens is 454 g/mol. The number of benzene rings is 3. The number of carbonyl (C=O) groups excluding carboxylic acids is 1. The highest BCUT2D eigenvalue weighted by Crippen LogP contribution is 2.52. The van der Waals surface area contributed by atoms with Crippen LogP contribution >= 0.6 is 0 Å². The average molecular weight is 484 g/mol. The molecule has 0 aromatic heterocycles. The Morgan fingerprint density at radius 1 is 0.972 bits per heavy atom. The van der Waals surface area contributed by atoms with Gasteiger partial charge < -0.3 is 24.3 Å². The highest BCUT2D eigenvalue weighted by molar-refractivity contribution is 6.01. The number of Topliss-reactive ketones (excluding diaryl/α,β-unsaturated/α-hetero) is 1. The molecule has 184 valence electrons. The highest BCUT2D eigenvalue weighted by atomic mass is 16.7. The summed E-state index contributed by atoms with van der Waals surface area (Å²) in [5.41, 5.74) is 5.69. The van der Waals surface area contributed by atoms with Gasteiger partial charge in [0.25, 0.3) is 0 Å².